The van der Waals surface area contributed by atoms with E-state index in [1.807, 2.05) is 29.2 Å². The lowest BCUT2D eigenvalue weighted by atomic mass is 9.81. The summed E-state index contributed by atoms with van der Waals surface area (Å²) in [6.45, 7) is 0. The second-order valence-electron chi connectivity index (χ2n) is 9.04. The molecule has 2 aliphatic heterocycles. The van der Waals surface area contributed by atoms with Crippen LogP contribution in [0.1, 0.15) is 46.9 Å². The highest BCUT2D eigenvalue weighted by molar-refractivity contribution is 9.10. The van der Waals surface area contributed by atoms with Crippen molar-refractivity contribution in [1.82, 2.24) is 19.7 Å². The zero-order valence-electron chi connectivity index (χ0n) is 18.4. The maximum atomic E-state index is 14.0. The number of carbonyl (C=O) groups excluding carboxylic acids is 1. The highest BCUT2D eigenvalue weighted by Crippen LogP contribution is 2.45. The summed E-state index contributed by atoms with van der Waals surface area (Å²) in [7, 11) is 1.79. The van der Waals surface area contributed by atoms with Gasteiger partial charge in [0, 0.05) is 51.9 Å². The summed E-state index contributed by atoms with van der Waals surface area (Å²) in [6, 6.07) is 10.9. The number of pyridine rings is 1. The lowest BCUT2D eigenvalue weighted by Crippen LogP contribution is -2.49. The maximum Gasteiger partial charge on any atom is 0.254 e. The van der Waals surface area contributed by atoms with Crippen molar-refractivity contribution in [3.8, 4) is 11.3 Å². The number of aromatic nitrogens is 3. The third-order valence-corrected chi connectivity index (χ3v) is 7.56. The van der Waals surface area contributed by atoms with Gasteiger partial charge in [-0.2, -0.15) is 5.10 Å². The van der Waals surface area contributed by atoms with Crippen LogP contribution in [0.4, 0.5) is 8.78 Å². The Bertz CT molecular complexity index is 1450. The first-order valence-corrected chi connectivity index (χ1v) is 12.1. The molecule has 5 nitrogen and oxygen atoms in total. The Morgan fingerprint density at radius 2 is 1.91 bits per heavy atom. The van der Waals surface area contributed by atoms with Crippen molar-refractivity contribution in [2.24, 2.45) is 7.05 Å². The van der Waals surface area contributed by atoms with Gasteiger partial charge in [-0.3, -0.25) is 14.5 Å². The van der Waals surface area contributed by atoms with Gasteiger partial charge in [0.2, 0.25) is 0 Å². The molecule has 0 saturated carbocycles. The number of hydrogen-bond acceptors (Lipinski definition) is 3. The van der Waals surface area contributed by atoms with Crippen LogP contribution in [-0.4, -0.2) is 31.6 Å². The van der Waals surface area contributed by atoms with Gasteiger partial charge in [0.15, 0.2) is 0 Å². The van der Waals surface area contributed by atoms with Gasteiger partial charge in [0.25, 0.3) is 5.91 Å². The Labute approximate surface area is 203 Å². The molecule has 8 heteroatoms. The number of aryl methyl sites for hydroxylation is 1. The van der Waals surface area contributed by atoms with E-state index in [1.54, 1.807) is 17.9 Å². The van der Waals surface area contributed by atoms with Crippen molar-refractivity contribution in [3.05, 3.63) is 81.6 Å². The number of amides is 1. The number of hydrogen-bond donors (Lipinski definition) is 0. The molecule has 2 aromatic carbocycles. The van der Waals surface area contributed by atoms with Crippen molar-refractivity contribution in [2.45, 2.75) is 37.8 Å². The average molecular weight is 523 g/mol. The predicted octanol–water partition coefficient (Wildman–Crippen LogP) is 5.97. The van der Waals surface area contributed by atoms with Crippen molar-refractivity contribution in [2.75, 3.05) is 0 Å². The molecule has 1 fully saturated rings. The van der Waals surface area contributed by atoms with Gasteiger partial charge in [-0.25, -0.2) is 8.78 Å². The van der Waals surface area contributed by atoms with Crippen LogP contribution in [0.3, 0.4) is 0 Å². The van der Waals surface area contributed by atoms with Crippen molar-refractivity contribution in [3.63, 3.8) is 0 Å². The highest BCUT2D eigenvalue weighted by atomic mass is 79.9. The lowest BCUT2D eigenvalue weighted by Gasteiger charge is -2.45. The van der Waals surface area contributed by atoms with E-state index in [9.17, 15) is 13.6 Å². The van der Waals surface area contributed by atoms with E-state index in [0.29, 0.717) is 17.5 Å². The molecule has 2 aliphatic rings. The lowest BCUT2D eigenvalue weighted by molar-refractivity contribution is 0.0392. The largest absolute Gasteiger partial charge is 0.327 e. The van der Waals surface area contributed by atoms with E-state index in [2.05, 4.69) is 20.9 Å². The Morgan fingerprint density at radius 1 is 1.12 bits per heavy atom. The third kappa shape index (κ3) is 3.35. The normalized spacial score (nSPS) is 19.4. The first-order chi connectivity index (χ1) is 16.4. The fourth-order valence-electron chi connectivity index (χ4n) is 5.62. The smallest absolute Gasteiger partial charge is 0.254 e. The molecule has 34 heavy (non-hydrogen) atoms. The third-order valence-electron chi connectivity index (χ3n) is 6.95. The first-order valence-electron chi connectivity index (χ1n) is 11.3. The topological polar surface area (TPSA) is 51.0 Å². The summed E-state index contributed by atoms with van der Waals surface area (Å²) in [5.74, 6) is -1.26. The van der Waals surface area contributed by atoms with E-state index in [1.165, 1.54) is 12.1 Å². The Balaban J connectivity index is 1.44. The summed E-state index contributed by atoms with van der Waals surface area (Å²) < 4.78 is 30.4. The maximum absolute atomic E-state index is 14.0. The van der Waals surface area contributed by atoms with Crippen molar-refractivity contribution >= 4 is 32.7 Å². The van der Waals surface area contributed by atoms with Crippen LogP contribution < -0.4 is 0 Å². The van der Waals surface area contributed by atoms with Gasteiger partial charge in [0.1, 0.15) is 11.6 Å². The van der Waals surface area contributed by atoms with Crippen LogP contribution in [0.5, 0.6) is 0 Å². The standard InChI is InChI=1S/C26H21BrF2N4O/c1-32-25(15-9-17(28)12-18(29)10-15)20-13-19-5-2-6-22(24(20)31-32)33(19)26(34)16-8-14-4-3-7-30-23(14)21(27)11-16/h3-4,7-12,19,22H,2,5-6,13H2,1H3/t19-,22+/m0/s1. The molecule has 2 bridgehead atoms. The quantitative estimate of drug-likeness (QED) is 0.326. The molecule has 2 atom stereocenters. The number of halogens is 3. The number of nitrogens with zero attached hydrogens (tertiary/aromatic N) is 4. The van der Waals surface area contributed by atoms with Crippen LogP contribution in [0.15, 0.2) is 53.1 Å². The molecule has 0 spiro atoms. The average Bonchev–Trinajstić information content (AvgIpc) is 3.13. The Kier molecular flexibility index (Phi) is 5.02. The van der Waals surface area contributed by atoms with Crippen LogP contribution in [0.25, 0.3) is 22.2 Å². The minimum absolute atomic E-state index is 0.00322. The molecular formula is C26H21BrF2N4O. The van der Waals surface area contributed by atoms with Crippen LogP contribution >= 0.6 is 15.9 Å². The number of piperidine rings is 1. The second kappa shape index (κ2) is 7.98. The molecule has 1 saturated heterocycles. The van der Waals surface area contributed by atoms with E-state index in [0.717, 1.165) is 57.7 Å². The van der Waals surface area contributed by atoms with Gasteiger partial charge < -0.3 is 4.90 Å². The summed E-state index contributed by atoms with van der Waals surface area (Å²) in [5, 5.41) is 5.66. The molecule has 6 rings (SSSR count). The van der Waals surface area contributed by atoms with E-state index >= 15 is 0 Å². The second-order valence-corrected chi connectivity index (χ2v) is 9.90. The summed E-state index contributed by atoms with van der Waals surface area (Å²) in [6.07, 6.45) is 5.02. The Morgan fingerprint density at radius 3 is 2.71 bits per heavy atom. The molecule has 4 aromatic rings. The van der Waals surface area contributed by atoms with E-state index in [-0.39, 0.29) is 18.0 Å². The monoisotopic (exact) mass is 522 g/mol. The van der Waals surface area contributed by atoms with Gasteiger partial charge in [-0.15, -0.1) is 0 Å². The Hall–Kier alpha value is -3.13. The molecule has 0 unspecified atom stereocenters. The summed E-state index contributed by atoms with van der Waals surface area (Å²) in [5.41, 5.74) is 4.42. The van der Waals surface area contributed by atoms with Crippen LogP contribution in [-0.2, 0) is 13.5 Å². The first kappa shape index (κ1) is 21.4. The summed E-state index contributed by atoms with van der Waals surface area (Å²) >= 11 is 3.57. The number of benzene rings is 2. The van der Waals surface area contributed by atoms with Crippen LogP contribution in [0, 0.1) is 11.6 Å². The molecule has 0 radical (unpaired) electrons. The molecular weight excluding hydrogens is 502 g/mol. The summed E-state index contributed by atoms with van der Waals surface area (Å²) in [4.78, 5) is 20.2. The van der Waals surface area contributed by atoms with E-state index in [4.69, 9.17) is 5.10 Å². The van der Waals surface area contributed by atoms with Gasteiger partial charge in [0.05, 0.1) is 22.9 Å². The number of carbonyl (C=O) groups is 1. The SMILES string of the molecule is Cn1nc2c(c1-c1cc(F)cc(F)c1)C[C@@H]1CCC[C@H]2N1C(=O)c1cc(Br)c2ncccc2c1. The highest BCUT2D eigenvalue weighted by Gasteiger charge is 2.43. The van der Waals surface area contributed by atoms with Gasteiger partial charge in [-0.1, -0.05) is 6.07 Å². The molecule has 1 amide bonds. The zero-order chi connectivity index (χ0) is 23.6. The fraction of sp³-hybridized carbons (Fsp3) is 0.269. The molecule has 4 heterocycles. The molecule has 0 N–H and O–H groups in total. The number of rotatable bonds is 2. The zero-order valence-corrected chi connectivity index (χ0v) is 20.0. The van der Waals surface area contributed by atoms with E-state index < -0.39 is 11.6 Å². The molecule has 0 aliphatic carbocycles. The number of fused-ring (bicyclic) bond motifs is 5. The molecule has 2 aromatic heterocycles. The minimum atomic E-state index is -0.617. The van der Waals surface area contributed by atoms with Crippen molar-refractivity contribution < 1.29 is 13.6 Å². The fourth-order valence-corrected chi connectivity index (χ4v) is 6.20. The van der Waals surface area contributed by atoms with Gasteiger partial charge in [-0.05, 0) is 71.9 Å². The van der Waals surface area contributed by atoms with Crippen molar-refractivity contribution in [1.29, 1.82) is 0 Å². The predicted molar refractivity (Wildman–Crippen MR) is 128 cm³/mol. The minimum Gasteiger partial charge on any atom is -0.327 e. The molecule has 172 valence electrons. The van der Waals surface area contributed by atoms with Gasteiger partial charge >= 0.3 is 0 Å². The van der Waals surface area contributed by atoms with Crippen LogP contribution in [0.2, 0.25) is 0 Å².